The molecule has 1 amide bonds. The van der Waals surface area contributed by atoms with Crippen LogP contribution in [0.1, 0.15) is 10.4 Å². The van der Waals surface area contributed by atoms with E-state index in [1.165, 1.54) is 18.2 Å². The number of anilines is 2. The SMILES string of the molecule is O=C(Nc1ccc(Cl)c(Cl)c1)c1cc([N+](=O)[O-])ccc1N1CCOCC1. The number of carbonyl (C=O) groups is 1. The molecule has 0 saturated carbocycles. The zero-order chi connectivity index (χ0) is 18.7. The molecule has 0 bridgehead atoms. The van der Waals surface area contributed by atoms with Gasteiger partial charge in [-0.25, -0.2) is 0 Å². The van der Waals surface area contributed by atoms with Crippen LogP contribution in [0.4, 0.5) is 17.1 Å². The Kier molecular flexibility index (Phi) is 5.61. The van der Waals surface area contributed by atoms with Gasteiger partial charge < -0.3 is 15.0 Å². The smallest absolute Gasteiger partial charge is 0.270 e. The van der Waals surface area contributed by atoms with Crippen molar-refractivity contribution < 1.29 is 14.5 Å². The molecule has 7 nitrogen and oxygen atoms in total. The van der Waals surface area contributed by atoms with Crippen LogP contribution in [0.3, 0.4) is 0 Å². The molecule has 1 aliphatic rings. The van der Waals surface area contributed by atoms with E-state index in [1.807, 2.05) is 4.90 Å². The van der Waals surface area contributed by atoms with E-state index in [2.05, 4.69) is 5.32 Å². The summed E-state index contributed by atoms with van der Waals surface area (Å²) in [5, 5.41) is 14.5. The van der Waals surface area contributed by atoms with Gasteiger partial charge >= 0.3 is 0 Å². The zero-order valence-corrected chi connectivity index (χ0v) is 15.1. The molecule has 0 unspecified atom stereocenters. The molecular weight excluding hydrogens is 381 g/mol. The van der Waals surface area contributed by atoms with Gasteiger partial charge in [-0.2, -0.15) is 0 Å². The van der Waals surface area contributed by atoms with Gasteiger partial charge in [0.1, 0.15) is 0 Å². The summed E-state index contributed by atoms with van der Waals surface area (Å²) in [5.74, 6) is -0.464. The third-order valence-electron chi connectivity index (χ3n) is 3.96. The van der Waals surface area contributed by atoms with Gasteiger partial charge in [0.05, 0.1) is 39.4 Å². The average molecular weight is 396 g/mol. The second-order valence-corrected chi connectivity index (χ2v) is 6.46. The largest absolute Gasteiger partial charge is 0.378 e. The van der Waals surface area contributed by atoms with Crippen molar-refractivity contribution in [3.8, 4) is 0 Å². The number of amides is 1. The zero-order valence-electron chi connectivity index (χ0n) is 13.6. The Morgan fingerprint density at radius 1 is 1.12 bits per heavy atom. The summed E-state index contributed by atoms with van der Waals surface area (Å²) in [4.78, 5) is 25.3. The Balaban J connectivity index is 1.94. The average Bonchev–Trinajstić information content (AvgIpc) is 2.65. The highest BCUT2D eigenvalue weighted by molar-refractivity contribution is 6.42. The number of non-ortho nitro benzene ring substituents is 1. The first kappa shape index (κ1) is 18.4. The fourth-order valence-corrected chi connectivity index (χ4v) is 2.97. The minimum absolute atomic E-state index is 0.152. The lowest BCUT2D eigenvalue weighted by Crippen LogP contribution is -2.37. The van der Waals surface area contributed by atoms with Crippen molar-refractivity contribution >= 4 is 46.2 Å². The minimum Gasteiger partial charge on any atom is -0.378 e. The first-order valence-corrected chi connectivity index (χ1v) is 8.59. The molecule has 136 valence electrons. The van der Waals surface area contributed by atoms with Gasteiger partial charge in [-0.1, -0.05) is 23.2 Å². The van der Waals surface area contributed by atoms with E-state index in [0.29, 0.717) is 47.7 Å². The lowest BCUT2D eigenvalue weighted by atomic mass is 10.1. The highest BCUT2D eigenvalue weighted by Gasteiger charge is 2.22. The number of nitrogens with zero attached hydrogens (tertiary/aromatic N) is 2. The van der Waals surface area contributed by atoms with E-state index >= 15 is 0 Å². The van der Waals surface area contributed by atoms with Crippen LogP contribution in [0, 0.1) is 10.1 Å². The van der Waals surface area contributed by atoms with Crippen molar-refractivity contribution in [3.63, 3.8) is 0 Å². The van der Waals surface area contributed by atoms with E-state index in [0.717, 1.165) is 0 Å². The van der Waals surface area contributed by atoms with Crippen LogP contribution in [-0.2, 0) is 4.74 Å². The third-order valence-corrected chi connectivity index (χ3v) is 4.70. The topological polar surface area (TPSA) is 84.7 Å². The van der Waals surface area contributed by atoms with Crippen LogP contribution in [0.5, 0.6) is 0 Å². The number of rotatable bonds is 4. The number of nitrogens with one attached hydrogen (secondary N) is 1. The second kappa shape index (κ2) is 7.90. The first-order valence-electron chi connectivity index (χ1n) is 7.83. The molecule has 0 aliphatic carbocycles. The first-order chi connectivity index (χ1) is 12.5. The molecule has 1 saturated heterocycles. The quantitative estimate of drug-likeness (QED) is 0.624. The van der Waals surface area contributed by atoms with Gasteiger partial charge in [-0.3, -0.25) is 14.9 Å². The minimum atomic E-state index is -0.529. The summed E-state index contributed by atoms with van der Waals surface area (Å²) >= 11 is 11.8. The summed E-state index contributed by atoms with van der Waals surface area (Å²) in [6.07, 6.45) is 0. The molecule has 3 rings (SSSR count). The van der Waals surface area contributed by atoms with Gasteiger partial charge in [-0.15, -0.1) is 0 Å². The molecule has 0 radical (unpaired) electrons. The monoisotopic (exact) mass is 395 g/mol. The van der Waals surface area contributed by atoms with Gasteiger partial charge in [0.25, 0.3) is 11.6 Å². The fourth-order valence-electron chi connectivity index (χ4n) is 2.67. The van der Waals surface area contributed by atoms with E-state index in [9.17, 15) is 14.9 Å². The number of nitro groups is 1. The number of hydrogen-bond acceptors (Lipinski definition) is 5. The maximum absolute atomic E-state index is 12.8. The summed E-state index contributed by atoms with van der Waals surface area (Å²) in [5.41, 5.74) is 1.13. The summed E-state index contributed by atoms with van der Waals surface area (Å²) in [6, 6.07) is 8.95. The number of benzene rings is 2. The van der Waals surface area contributed by atoms with Crippen molar-refractivity contribution in [1.82, 2.24) is 0 Å². The van der Waals surface area contributed by atoms with Crippen molar-refractivity contribution in [2.45, 2.75) is 0 Å². The van der Waals surface area contributed by atoms with Crippen LogP contribution >= 0.6 is 23.2 Å². The Bertz CT molecular complexity index is 854. The third kappa shape index (κ3) is 4.07. The van der Waals surface area contributed by atoms with Crippen molar-refractivity contribution in [2.75, 3.05) is 36.5 Å². The molecule has 1 fully saturated rings. The predicted molar refractivity (Wildman–Crippen MR) is 101 cm³/mol. The van der Waals surface area contributed by atoms with E-state index in [-0.39, 0.29) is 11.3 Å². The van der Waals surface area contributed by atoms with Crippen molar-refractivity contribution in [2.24, 2.45) is 0 Å². The molecule has 2 aromatic rings. The predicted octanol–water partition coefficient (Wildman–Crippen LogP) is 3.99. The van der Waals surface area contributed by atoms with Gasteiger partial charge in [0, 0.05) is 30.9 Å². The van der Waals surface area contributed by atoms with E-state index in [4.69, 9.17) is 27.9 Å². The second-order valence-electron chi connectivity index (χ2n) is 5.64. The lowest BCUT2D eigenvalue weighted by molar-refractivity contribution is -0.384. The normalized spacial score (nSPS) is 14.2. The summed E-state index contributed by atoms with van der Waals surface area (Å²) in [7, 11) is 0. The molecule has 0 spiro atoms. The van der Waals surface area contributed by atoms with Gasteiger partial charge in [0.15, 0.2) is 0 Å². The lowest BCUT2D eigenvalue weighted by Gasteiger charge is -2.30. The van der Waals surface area contributed by atoms with Crippen LogP contribution < -0.4 is 10.2 Å². The highest BCUT2D eigenvalue weighted by atomic mass is 35.5. The van der Waals surface area contributed by atoms with Crippen LogP contribution in [0.15, 0.2) is 36.4 Å². The van der Waals surface area contributed by atoms with Gasteiger partial charge in [-0.05, 0) is 24.3 Å². The highest BCUT2D eigenvalue weighted by Crippen LogP contribution is 2.29. The molecule has 1 heterocycles. The van der Waals surface area contributed by atoms with E-state index in [1.54, 1.807) is 18.2 Å². The molecular formula is C17H15Cl2N3O4. The number of nitro benzene ring substituents is 1. The molecule has 1 aliphatic heterocycles. The summed E-state index contributed by atoms with van der Waals surface area (Å²) < 4.78 is 5.33. The maximum atomic E-state index is 12.8. The van der Waals surface area contributed by atoms with E-state index < -0.39 is 10.8 Å². The van der Waals surface area contributed by atoms with Crippen LogP contribution in [-0.4, -0.2) is 37.1 Å². The maximum Gasteiger partial charge on any atom is 0.270 e. The Labute approximate surface area is 159 Å². The van der Waals surface area contributed by atoms with Crippen LogP contribution in [0.2, 0.25) is 10.0 Å². The van der Waals surface area contributed by atoms with Crippen molar-refractivity contribution in [3.05, 3.63) is 62.1 Å². The number of ether oxygens (including phenoxy) is 1. The standard InChI is InChI=1S/C17H15Cl2N3O4/c18-14-3-1-11(9-15(14)19)20-17(23)13-10-12(22(24)25)2-4-16(13)21-5-7-26-8-6-21/h1-4,9-10H,5-8H2,(H,20,23). The molecule has 26 heavy (non-hydrogen) atoms. The molecule has 1 N–H and O–H groups in total. The Morgan fingerprint density at radius 2 is 1.85 bits per heavy atom. The summed E-state index contributed by atoms with van der Waals surface area (Å²) in [6.45, 7) is 2.27. The molecule has 0 atom stereocenters. The molecule has 2 aromatic carbocycles. The fraction of sp³-hybridized carbons (Fsp3) is 0.235. The Morgan fingerprint density at radius 3 is 2.50 bits per heavy atom. The Hall–Kier alpha value is -2.35. The number of hydrogen-bond donors (Lipinski definition) is 1. The number of carbonyl (C=O) groups excluding carboxylic acids is 1. The number of halogens is 2. The van der Waals surface area contributed by atoms with Crippen molar-refractivity contribution in [1.29, 1.82) is 0 Å². The van der Waals surface area contributed by atoms with Crippen LogP contribution in [0.25, 0.3) is 0 Å². The number of morpholine rings is 1. The van der Waals surface area contributed by atoms with Gasteiger partial charge in [0.2, 0.25) is 0 Å². The molecule has 0 aromatic heterocycles. The molecule has 9 heteroatoms.